The first-order chi connectivity index (χ1) is 13.4. The predicted molar refractivity (Wildman–Crippen MR) is 122 cm³/mol. The summed E-state index contributed by atoms with van der Waals surface area (Å²) in [5.41, 5.74) is 1.46. The Kier molecular flexibility index (Phi) is 8.50. The Balaban J connectivity index is 0.00000300. The van der Waals surface area contributed by atoms with Gasteiger partial charge in [-0.3, -0.25) is 9.79 Å². The molecule has 158 valence electrons. The van der Waals surface area contributed by atoms with Crippen molar-refractivity contribution in [2.24, 2.45) is 4.99 Å². The Morgan fingerprint density at radius 3 is 2.69 bits per heavy atom. The van der Waals surface area contributed by atoms with Crippen molar-refractivity contribution in [3.05, 3.63) is 59.5 Å². The van der Waals surface area contributed by atoms with Crippen LogP contribution in [0.25, 0.3) is 0 Å². The van der Waals surface area contributed by atoms with Crippen LogP contribution < -0.4 is 16.0 Å². The summed E-state index contributed by atoms with van der Waals surface area (Å²) in [4.78, 5) is 16.5. The minimum absolute atomic E-state index is 0. The van der Waals surface area contributed by atoms with Crippen molar-refractivity contribution in [2.75, 3.05) is 18.6 Å². The third-order valence-corrected chi connectivity index (χ3v) is 6.22. The minimum atomic E-state index is -2.95. The fourth-order valence-corrected chi connectivity index (χ4v) is 4.66. The largest absolute Gasteiger partial charge is 0.467 e. The maximum Gasteiger partial charge on any atom is 0.251 e. The topological polar surface area (TPSA) is 113 Å². The van der Waals surface area contributed by atoms with Crippen LogP contribution in [0.4, 0.5) is 0 Å². The molecule has 1 aromatic heterocycles. The summed E-state index contributed by atoms with van der Waals surface area (Å²) < 4.78 is 28.4. The molecule has 1 fully saturated rings. The molecule has 3 rings (SSSR count). The summed E-state index contributed by atoms with van der Waals surface area (Å²) in [6.07, 6.45) is 2.14. The lowest BCUT2D eigenvalue weighted by Gasteiger charge is -2.16. The molecule has 3 N–H and O–H groups in total. The van der Waals surface area contributed by atoms with Gasteiger partial charge in [-0.15, -0.1) is 24.0 Å². The van der Waals surface area contributed by atoms with Crippen molar-refractivity contribution < 1.29 is 17.6 Å². The zero-order chi connectivity index (χ0) is 20.0. The average Bonchev–Trinajstić information content (AvgIpc) is 3.32. The Labute approximate surface area is 187 Å². The highest BCUT2D eigenvalue weighted by molar-refractivity contribution is 14.0. The van der Waals surface area contributed by atoms with Crippen molar-refractivity contribution in [3.63, 3.8) is 0 Å². The van der Waals surface area contributed by atoms with Gasteiger partial charge >= 0.3 is 0 Å². The fraction of sp³-hybridized carbons (Fsp3) is 0.368. The van der Waals surface area contributed by atoms with Crippen molar-refractivity contribution in [1.82, 2.24) is 16.0 Å². The number of sulfone groups is 1. The number of carbonyl (C=O) groups excluding carboxylic acids is 1. The van der Waals surface area contributed by atoms with Gasteiger partial charge < -0.3 is 20.4 Å². The summed E-state index contributed by atoms with van der Waals surface area (Å²) in [6, 6.07) is 10.7. The lowest BCUT2D eigenvalue weighted by Crippen LogP contribution is -2.43. The zero-order valence-corrected chi connectivity index (χ0v) is 19.2. The number of hydrogen-bond acceptors (Lipinski definition) is 5. The fourth-order valence-electron chi connectivity index (χ4n) is 2.99. The number of amides is 1. The number of furan rings is 1. The summed E-state index contributed by atoms with van der Waals surface area (Å²) in [7, 11) is -1.31. The first-order valence-corrected chi connectivity index (χ1v) is 10.8. The highest BCUT2D eigenvalue weighted by atomic mass is 127. The van der Waals surface area contributed by atoms with Gasteiger partial charge in [-0.25, -0.2) is 8.42 Å². The van der Waals surface area contributed by atoms with Crippen LogP contribution >= 0.6 is 24.0 Å². The Hall–Kier alpha value is -2.08. The molecule has 2 heterocycles. The quantitative estimate of drug-likeness (QED) is 0.297. The van der Waals surface area contributed by atoms with Crippen LogP contribution in [-0.2, 0) is 22.9 Å². The van der Waals surface area contributed by atoms with Crippen LogP contribution in [0.3, 0.4) is 0 Å². The number of nitrogens with zero attached hydrogens (tertiary/aromatic N) is 1. The van der Waals surface area contributed by atoms with E-state index in [-0.39, 0.29) is 47.4 Å². The molecule has 0 saturated carbocycles. The molecule has 0 bridgehead atoms. The molecule has 1 aliphatic rings. The molecular weight excluding hydrogens is 507 g/mol. The summed E-state index contributed by atoms with van der Waals surface area (Å²) >= 11 is 0. The maximum atomic E-state index is 12.3. The van der Waals surface area contributed by atoms with Crippen LogP contribution in [0.5, 0.6) is 0 Å². The molecule has 1 saturated heterocycles. The van der Waals surface area contributed by atoms with E-state index in [0.717, 1.165) is 5.56 Å². The molecule has 10 heteroatoms. The number of hydrogen-bond donors (Lipinski definition) is 3. The molecule has 8 nitrogen and oxygen atoms in total. The summed E-state index contributed by atoms with van der Waals surface area (Å²) in [5.74, 6) is 1.37. The van der Waals surface area contributed by atoms with E-state index in [4.69, 9.17) is 4.42 Å². The lowest BCUT2D eigenvalue weighted by atomic mass is 10.1. The molecule has 1 amide bonds. The Bertz CT molecular complexity index is 945. The first kappa shape index (κ1) is 23.2. The SMILES string of the molecule is CN=C(NCc1cccc(C(=O)NCc2ccco2)c1)NC1CCS(=O)(=O)C1.I. The van der Waals surface area contributed by atoms with E-state index in [1.54, 1.807) is 37.6 Å². The molecule has 29 heavy (non-hydrogen) atoms. The van der Waals surface area contributed by atoms with Crippen molar-refractivity contribution >= 4 is 45.7 Å². The Morgan fingerprint density at radius 2 is 2.03 bits per heavy atom. The molecule has 0 spiro atoms. The molecule has 2 aromatic rings. The van der Waals surface area contributed by atoms with E-state index in [1.165, 1.54) is 0 Å². The summed E-state index contributed by atoms with van der Waals surface area (Å²) in [5, 5.41) is 9.11. The van der Waals surface area contributed by atoms with E-state index in [0.29, 0.717) is 36.8 Å². The molecule has 1 aromatic carbocycles. The van der Waals surface area contributed by atoms with Gasteiger partial charge in [0.1, 0.15) is 5.76 Å². The van der Waals surface area contributed by atoms with Gasteiger partial charge in [0.05, 0.1) is 24.3 Å². The highest BCUT2D eigenvalue weighted by Gasteiger charge is 2.28. The van der Waals surface area contributed by atoms with Crippen LogP contribution in [0.2, 0.25) is 0 Å². The summed E-state index contributed by atoms with van der Waals surface area (Å²) in [6.45, 7) is 0.785. The van der Waals surface area contributed by atoms with Crippen LogP contribution in [0.1, 0.15) is 28.1 Å². The minimum Gasteiger partial charge on any atom is -0.467 e. The van der Waals surface area contributed by atoms with Gasteiger partial charge in [0.25, 0.3) is 5.91 Å². The third kappa shape index (κ3) is 7.03. The van der Waals surface area contributed by atoms with Gasteiger partial charge in [-0.1, -0.05) is 12.1 Å². The second-order valence-electron chi connectivity index (χ2n) is 6.63. The number of carbonyl (C=O) groups is 1. The zero-order valence-electron chi connectivity index (χ0n) is 16.1. The van der Waals surface area contributed by atoms with Gasteiger partial charge in [0.15, 0.2) is 15.8 Å². The number of halogens is 1. The second kappa shape index (κ2) is 10.6. The van der Waals surface area contributed by atoms with E-state index < -0.39 is 9.84 Å². The standard InChI is InChI=1S/C19H24N4O4S.HI/c1-20-19(23-16-7-9-28(25,26)13-16)22-11-14-4-2-5-15(10-14)18(24)21-12-17-6-3-8-27-17;/h2-6,8,10,16H,7,9,11-13H2,1H3,(H,21,24)(H2,20,22,23);1H. The monoisotopic (exact) mass is 532 g/mol. The van der Waals surface area contributed by atoms with E-state index >= 15 is 0 Å². The van der Waals surface area contributed by atoms with Gasteiger partial charge in [0, 0.05) is 25.2 Å². The lowest BCUT2D eigenvalue weighted by molar-refractivity contribution is 0.0948. The van der Waals surface area contributed by atoms with E-state index in [2.05, 4.69) is 20.9 Å². The van der Waals surface area contributed by atoms with Crippen molar-refractivity contribution in [1.29, 1.82) is 0 Å². The number of benzene rings is 1. The smallest absolute Gasteiger partial charge is 0.251 e. The van der Waals surface area contributed by atoms with Crippen LogP contribution in [0.15, 0.2) is 52.1 Å². The number of guanidine groups is 1. The Morgan fingerprint density at radius 1 is 1.21 bits per heavy atom. The van der Waals surface area contributed by atoms with E-state index in [9.17, 15) is 13.2 Å². The number of aliphatic imine (C=N–C) groups is 1. The van der Waals surface area contributed by atoms with Gasteiger partial charge in [-0.2, -0.15) is 0 Å². The van der Waals surface area contributed by atoms with Crippen LogP contribution in [0, 0.1) is 0 Å². The molecule has 1 unspecified atom stereocenters. The number of rotatable bonds is 6. The molecular formula is C19H25IN4O4S. The van der Waals surface area contributed by atoms with Crippen LogP contribution in [-0.4, -0.2) is 44.9 Å². The van der Waals surface area contributed by atoms with Crippen molar-refractivity contribution in [3.8, 4) is 0 Å². The molecule has 1 atom stereocenters. The predicted octanol–water partition coefficient (Wildman–Crippen LogP) is 1.68. The third-order valence-electron chi connectivity index (χ3n) is 4.45. The normalized spacial score (nSPS) is 18.0. The maximum absolute atomic E-state index is 12.3. The molecule has 0 radical (unpaired) electrons. The molecule has 1 aliphatic heterocycles. The second-order valence-corrected chi connectivity index (χ2v) is 8.86. The van der Waals surface area contributed by atoms with E-state index in [1.807, 2.05) is 12.1 Å². The number of nitrogens with one attached hydrogen (secondary N) is 3. The van der Waals surface area contributed by atoms with Gasteiger partial charge in [0.2, 0.25) is 0 Å². The average molecular weight is 532 g/mol. The van der Waals surface area contributed by atoms with Gasteiger partial charge in [-0.05, 0) is 36.2 Å². The molecule has 0 aliphatic carbocycles. The van der Waals surface area contributed by atoms with Crippen molar-refractivity contribution in [2.45, 2.75) is 25.6 Å². The highest BCUT2D eigenvalue weighted by Crippen LogP contribution is 2.11. The first-order valence-electron chi connectivity index (χ1n) is 9.02.